The molecule has 0 rings (SSSR count). The molecule has 0 aliphatic heterocycles. The molecule has 0 aliphatic carbocycles. The van der Waals surface area contributed by atoms with E-state index in [9.17, 15) is 0 Å². The largest absolute Gasteiger partial charge is 0.793 e. The fourth-order valence-electron chi connectivity index (χ4n) is 0.706. The van der Waals surface area contributed by atoms with E-state index >= 15 is 0 Å². The summed E-state index contributed by atoms with van der Waals surface area (Å²) in [6, 6.07) is 0. The molecule has 0 spiro atoms. The van der Waals surface area contributed by atoms with Gasteiger partial charge in [0.05, 0.1) is 0 Å². The van der Waals surface area contributed by atoms with Crippen LogP contribution in [0.2, 0.25) is 0 Å². The Morgan fingerprint density at radius 2 is 1.62 bits per heavy atom. The summed E-state index contributed by atoms with van der Waals surface area (Å²) < 4.78 is 0. The van der Waals surface area contributed by atoms with Gasteiger partial charge in [0.1, 0.15) is 0 Å². The first-order chi connectivity index (χ1) is 3.91. The first-order valence-corrected chi connectivity index (χ1v) is 4.07. The standard InChI is InChI=1S/C7H16S/c1-2-3-4-5-6-7-8/h8H,2-7H2,1H3/p-1. The highest BCUT2D eigenvalue weighted by Crippen LogP contribution is 2.00. The molecular formula is C7H15S-. The minimum Gasteiger partial charge on any atom is -0.793 e. The van der Waals surface area contributed by atoms with Gasteiger partial charge in [-0.05, 0) is 0 Å². The minimum absolute atomic E-state index is 0.948. The molecule has 0 unspecified atom stereocenters. The van der Waals surface area contributed by atoms with Gasteiger partial charge >= 0.3 is 0 Å². The molecule has 50 valence electrons. The summed E-state index contributed by atoms with van der Waals surface area (Å²) >= 11 is 4.80. The Bertz CT molecular complexity index is 29.4. The maximum Gasteiger partial charge on any atom is -0.0534 e. The molecule has 1 heteroatoms. The van der Waals surface area contributed by atoms with Gasteiger partial charge in [0.2, 0.25) is 0 Å². The number of hydrogen-bond acceptors (Lipinski definition) is 1. The first kappa shape index (κ1) is 8.35. The monoisotopic (exact) mass is 131 g/mol. The smallest absolute Gasteiger partial charge is 0.0534 e. The Morgan fingerprint density at radius 1 is 1.00 bits per heavy atom. The highest BCUT2D eigenvalue weighted by atomic mass is 32.1. The molecule has 0 amide bonds. The van der Waals surface area contributed by atoms with E-state index in [4.69, 9.17) is 12.6 Å². The van der Waals surface area contributed by atoms with Gasteiger partial charge in [-0.25, -0.2) is 0 Å². The first-order valence-electron chi connectivity index (χ1n) is 3.50. The molecule has 0 nitrogen and oxygen atoms in total. The molecule has 0 aromatic carbocycles. The molecule has 0 fully saturated rings. The lowest BCUT2D eigenvalue weighted by atomic mass is 10.2. The maximum atomic E-state index is 4.80. The van der Waals surface area contributed by atoms with Crippen molar-refractivity contribution >= 4 is 12.6 Å². The van der Waals surface area contributed by atoms with Crippen molar-refractivity contribution in [2.45, 2.75) is 39.0 Å². The molecule has 0 radical (unpaired) electrons. The third-order valence-corrected chi connectivity index (χ3v) is 1.54. The third-order valence-electron chi connectivity index (χ3n) is 1.25. The fraction of sp³-hybridized carbons (Fsp3) is 1.00. The second kappa shape index (κ2) is 7.35. The van der Waals surface area contributed by atoms with E-state index in [-0.39, 0.29) is 0 Å². The summed E-state index contributed by atoms with van der Waals surface area (Å²) in [5.74, 6) is 0.948. The van der Waals surface area contributed by atoms with Crippen LogP contribution in [0.4, 0.5) is 0 Å². The van der Waals surface area contributed by atoms with E-state index in [1.165, 1.54) is 32.1 Å². The van der Waals surface area contributed by atoms with Crippen LogP contribution in [0.15, 0.2) is 0 Å². The molecule has 0 aliphatic rings. The van der Waals surface area contributed by atoms with Gasteiger partial charge < -0.3 is 12.6 Å². The van der Waals surface area contributed by atoms with Crippen LogP contribution in [0.5, 0.6) is 0 Å². The number of hydrogen-bond donors (Lipinski definition) is 0. The van der Waals surface area contributed by atoms with Gasteiger partial charge in [-0.2, -0.15) is 5.75 Å². The lowest BCUT2D eigenvalue weighted by Gasteiger charge is -2.00. The highest BCUT2D eigenvalue weighted by molar-refractivity contribution is 7.58. The lowest BCUT2D eigenvalue weighted by molar-refractivity contribution is 0.660. The molecule has 0 bridgehead atoms. The van der Waals surface area contributed by atoms with E-state index in [0.717, 1.165) is 5.75 Å². The second-order valence-corrected chi connectivity index (χ2v) is 2.53. The predicted molar refractivity (Wildman–Crippen MR) is 41.0 cm³/mol. The van der Waals surface area contributed by atoms with Gasteiger partial charge in [0.15, 0.2) is 0 Å². The van der Waals surface area contributed by atoms with Crippen molar-refractivity contribution in [1.29, 1.82) is 0 Å². The van der Waals surface area contributed by atoms with E-state index in [2.05, 4.69) is 6.92 Å². The number of unbranched alkanes of at least 4 members (excludes halogenated alkanes) is 4. The summed E-state index contributed by atoms with van der Waals surface area (Å²) in [4.78, 5) is 0. The van der Waals surface area contributed by atoms with Crippen molar-refractivity contribution in [2.24, 2.45) is 0 Å². The molecule has 0 saturated heterocycles. The van der Waals surface area contributed by atoms with Gasteiger partial charge in [0, 0.05) is 0 Å². The Kier molecular flexibility index (Phi) is 7.67. The quantitative estimate of drug-likeness (QED) is 0.408. The lowest BCUT2D eigenvalue weighted by Crippen LogP contribution is -1.79. The van der Waals surface area contributed by atoms with Crippen molar-refractivity contribution in [3.8, 4) is 0 Å². The van der Waals surface area contributed by atoms with Crippen LogP contribution in [0.3, 0.4) is 0 Å². The van der Waals surface area contributed by atoms with Crippen LogP contribution in [0.1, 0.15) is 39.0 Å². The molecule has 0 atom stereocenters. The Hall–Kier alpha value is 0.350. The zero-order valence-corrected chi connectivity index (χ0v) is 6.47. The van der Waals surface area contributed by atoms with E-state index in [1.54, 1.807) is 0 Å². The zero-order valence-electron chi connectivity index (χ0n) is 5.65. The van der Waals surface area contributed by atoms with Gasteiger partial charge in [0.25, 0.3) is 0 Å². The number of rotatable bonds is 5. The van der Waals surface area contributed by atoms with Crippen molar-refractivity contribution in [3.05, 3.63) is 0 Å². The summed E-state index contributed by atoms with van der Waals surface area (Å²) in [6.45, 7) is 2.23. The van der Waals surface area contributed by atoms with Crippen LogP contribution in [-0.4, -0.2) is 5.75 Å². The average Bonchev–Trinajstić information content (AvgIpc) is 1.81. The van der Waals surface area contributed by atoms with Crippen molar-refractivity contribution in [1.82, 2.24) is 0 Å². The minimum atomic E-state index is 0.948. The molecule has 0 heterocycles. The zero-order chi connectivity index (χ0) is 6.24. The normalized spacial score (nSPS) is 9.75. The van der Waals surface area contributed by atoms with Crippen molar-refractivity contribution in [3.63, 3.8) is 0 Å². The third kappa shape index (κ3) is 6.35. The highest BCUT2D eigenvalue weighted by Gasteiger charge is 1.81. The van der Waals surface area contributed by atoms with Crippen molar-refractivity contribution < 1.29 is 0 Å². The van der Waals surface area contributed by atoms with Crippen LogP contribution >= 0.6 is 0 Å². The average molecular weight is 131 g/mol. The molecule has 8 heavy (non-hydrogen) atoms. The topological polar surface area (TPSA) is 0 Å². The molecule has 0 aromatic rings. The van der Waals surface area contributed by atoms with Crippen LogP contribution in [-0.2, 0) is 12.6 Å². The van der Waals surface area contributed by atoms with Crippen LogP contribution < -0.4 is 0 Å². The van der Waals surface area contributed by atoms with Gasteiger partial charge in [-0.15, -0.1) is 0 Å². The summed E-state index contributed by atoms with van der Waals surface area (Å²) in [5.41, 5.74) is 0. The SMILES string of the molecule is CCCCCCC[S-]. The molecular weight excluding hydrogens is 116 g/mol. The summed E-state index contributed by atoms with van der Waals surface area (Å²) in [5, 5.41) is 0. The van der Waals surface area contributed by atoms with Gasteiger partial charge in [-0.1, -0.05) is 39.0 Å². The maximum absolute atomic E-state index is 4.80. The fourth-order valence-corrected chi connectivity index (χ4v) is 0.910. The van der Waals surface area contributed by atoms with E-state index in [1.807, 2.05) is 0 Å². The summed E-state index contributed by atoms with van der Waals surface area (Å²) in [7, 11) is 0. The molecule has 0 N–H and O–H groups in total. The Labute approximate surface area is 58.1 Å². The molecule has 0 saturated carbocycles. The van der Waals surface area contributed by atoms with Gasteiger partial charge in [-0.3, -0.25) is 0 Å². The van der Waals surface area contributed by atoms with Crippen molar-refractivity contribution in [2.75, 3.05) is 5.75 Å². The van der Waals surface area contributed by atoms with E-state index in [0.29, 0.717) is 0 Å². The molecule has 0 aromatic heterocycles. The van der Waals surface area contributed by atoms with Crippen LogP contribution in [0, 0.1) is 0 Å². The second-order valence-electron chi connectivity index (χ2n) is 2.12. The Balaban J connectivity index is 2.53. The summed E-state index contributed by atoms with van der Waals surface area (Å²) in [6.07, 6.45) is 6.69. The van der Waals surface area contributed by atoms with Crippen LogP contribution in [0.25, 0.3) is 0 Å². The predicted octanol–water partition coefficient (Wildman–Crippen LogP) is 2.50. The Morgan fingerprint density at radius 3 is 2.12 bits per heavy atom. The van der Waals surface area contributed by atoms with E-state index < -0.39 is 0 Å².